The van der Waals surface area contributed by atoms with Gasteiger partial charge in [-0.25, -0.2) is 0 Å². The highest BCUT2D eigenvalue weighted by Crippen LogP contribution is 2.77. The number of aliphatic hydroxyl groups is 5. The fourth-order valence-corrected chi connectivity index (χ4v) is 14.2. The van der Waals surface area contributed by atoms with Crippen molar-refractivity contribution in [2.24, 2.45) is 45.8 Å². The molecule has 7 fully saturated rings. The summed E-state index contributed by atoms with van der Waals surface area (Å²) < 4.78 is 17.9. The van der Waals surface area contributed by atoms with Crippen LogP contribution in [0.3, 0.4) is 0 Å². The van der Waals surface area contributed by atoms with Crippen molar-refractivity contribution in [3.63, 3.8) is 0 Å². The van der Waals surface area contributed by atoms with Gasteiger partial charge in [-0.05, 0) is 106 Å². The highest BCUT2D eigenvalue weighted by atomic mass is 16.5. The van der Waals surface area contributed by atoms with E-state index in [1.807, 2.05) is 0 Å². The van der Waals surface area contributed by atoms with Crippen LogP contribution >= 0.6 is 0 Å². The second-order valence-corrected chi connectivity index (χ2v) is 19.0. The zero-order valence-electron chi connectivity index (χ0n) is 32.0. The van der Waals surface area contributed by atoms with Crippen LogP contribution in [0.15, 0.2) is 11.6 Å². The lowest BCUT2D eigenvalue weighted by Gasteiger charge is -2.69. The predicted octanol–water partition coefficient (Wildman–Crippen LogP) is 1.44. The number of carbonyl (C=O) groups excluding carboxylic acids is 2. The number of nitrogens with one attached hydrogen (secondary N) is 1. The van der Waals surface area contributed by atoms with E-state index in [-0.39, 0.29) is 42.3 Å². The van der Waals surface area contributed by atoms with Crippen LogP contribution in [0.2, 0.25) is 0 Å². The Hall–Kier alpha value is -1.92. The van der Waals surface area contributed by atoms with Crippen LogP contribution in [-0.4, -0.2) is 130 Å². The Morgan fingerprint density at radius 1 is 1.06 bits per heavy atom. The second-order valence-electron chi connectivity index (χ2n) is 19.0. The van der Waals surface area contributed by atoms with Crippen LogP contribution in [-0.2, 0) is 23.8 Å². The first-order chi connectivity index (χ1) is 25.8. The number of allylic oxidation sites excluding steroid dienone is 1. The Bertz CT molecular complexity index is 1640. The van der Waals surface area contributed by atoms with Crippen LogP contribution in [0.5, 0.6) is 0 Å². The van der Waals surface area contributed by atoms with Crippen LogP contribution in [0, 0.1) is 57.7 Å². The summed E-state index contributed by atoms with van der Waals surface area (Å²) in [6, 6.07) is -0.768. The number of rotatable bonds is 6. The first kappa shape index (κ1) is 37.6. The Morgan fingerprint density at radius 3 is 2.65 bits per heavy atom. The van der Waals surface area contributed by atoms with E-state index in [2.05, 4.69) is 24.1 Å². The van der Waals surface area contributed by atoms with Crippen molar-refractivity contribution in [3.8, 4) is 11.8 Å². The Balaban J connectivity index is 1.16. The zero-order valence-corrected chi connectivity index (χ0v) is 32.0. The summed E-state index contributed by atoms with van der Waals surface area (Å²) in [5, 5.41) is 63.6. The molecule has 10 aliphatic rings. The van der Waals surface area contributed by atoms with Gasteiger partial charge in [0.25, 0.3) is 0 Å². The van der Waals surface area contributed by atoms with Gasteiger partial charge in [0.05, 0.1) is 40.9 Å². The highest BCUT2D eigenvalue weighted by Gasteiger charge is 2.78. The molecule has 8 bridgehead atoms. The van der Waals surface area contributed by atoms with E-state index >= 15 is 0 Å². The summed E-state index contributed by atoms with van der Waals surface area (Å²) in [7, 11) is 1.68. The van der Waals surface area contributed by atoms with Crippen LogP contribution in [0.1, 0.15) is 90.9 Å². The number of carbonyl (C=O) groups is 2. The highest BCUT2D eigenvalue weighted by molar-refractivity contribution is 5.96. The average Bonchev–Trinajstić information content (AvgIpc) is 3.73. The molecule has 3 saturated heterocycles. The van der Waals surface area contributed by atoms with Gasteiger partial charge in [-0.3, -0.25) is 14.9 Å². The summed E-state index contributed by atoms with van der Waals surface area (Å²) in [6.07, 6.45) is 4.64. The van der Waals surface area contributed by atoms with Crippen molar-refractivity contribution in [2.45, 2.75) is 145 Å². The maximum Gasteiger partial charge on any atom is 0.240 e. The lowest BCUT2D eigenvalue weighted by molar-refractivity contribution is -0.227. The minimum absolute atomic E-state index is 0.00176. The van der Waals surface area contributed by atoms with Crippen LogP contribution in [0.25, 0.3) is 0 Å². The van der Waals surface area contributed by atoms with E-state index in [1.165, 1.54) is 0 Å². The molecule has 17 unspecified atom stereocenters. The zero-order chi connectivity index (χ0) is 38.0. The predicted molar refractivity (Wildman–Crippen MR) is 194 cm³/mol. The third-order valence-corrected chi connectivity index (χ3v) is 16.8. The van der Waals surface area contributed by atoms with Gasteiger partial charge in [-0.2, -0.15) is 0 Å². The van der Waals surface area contributed by atoms with E-state index in [4.69, 9.17) is 14.2 Å². The number of ketones is 1. The Morgan fingerprint density at radius 2 is 1.87 bits per heavy atom. The van der Waals surface area contributed by atoms with Crippen molar-refractivity contribution < 1.29 is 49.3 Å². The molecule has 12 nitrogen and oxygen atoms in total. The number of hydrogen-bond donors (Lipinski definition) is 6. The van der Waals surface area contributed by atoms with Gasteiger partial charge in [-0.15, -0.1) is 5.92 Å². The van der Waals surface area contributed by atoms with Crippen molar-refractivity contribution in [1.29, 1.82) is 0 Å². The number of piperidine rings is 1. The van der Waals surface area contributed by atoms with Gasteiger partial charge in [-0.1, -0.05) is 19.3 Å². The number of amides is 1. The van der Waals surface area contributed by atoms with Crippen LogP contribution in [0.4, 0.5) is 0 Å². The number of fused-ring (bicyclic) bond motifs is 3. The van der Waals surface area contributed by atoms with Crippen molar-refractivity contribution >= 4 is 11.7 Å². The minimum atomic E-state index is -1.75. The molecule has 6 N–H and O–H groups in total. The normalized spacial score (nSPS) is 53.1. The summed E-state index contributed by atoms with van der Waals surface area (Å²) >= 11 is 0. The first-order valence-corrected chi connectivity index (χ1v) is 20.8. The van der Waals surface area contributed by atoms with E-state index < -0.39 is 75.8 Å². The third kappa shape index (κ3) is 5.02. The monoisotopic (exact) mass is 752 g/mol. The van der Waals surface area contributed by atoms with E-state index in [0.29, 0.717) is 70.3 Å². The molecular formula is C42H60N2O10. The SMILES string of the molecule is COCCCOC1CCC2(C)C(C1)C(=O)C=C1C3(O)CCC4C(C)(O)C(O)C5OC6C(O)NC(CC6C5CO)C(=O)N5CC5CC#CC12C1CCCC43C1. The van der Waals surface area contributed by atoms with E-state index in [1.54, 1.807) is 25.0 Å². The molecule has 0 radical (unpaired) electrons. The Labute approximate surface area is 318 Å². The van der Waals surface area contributed by atoms with Gasteiger partial charge >= 0.3 is 0 Å². The smallest absolute Gasteiger partial charge is 0.240 e. The lowest BCUT2D eigenvalue weighted by Crippen LogP contribution is -2.70. The molecule has 1 amide bonds. The number of methoxy groups -OCH3 is 1. The van der Waals surface area contributed by atoms with Gasteiger partial charge in [0.1, 0.15) is 18.4 Å². The maximum absolute atomic E-state index is 14.6. The number of nitrogens with zero attached hydrogens (tertiary/aromatic N) is 1. The molecule has 54 heavy (non-hydrogen) atoms. The summed E-state index contributed by atoms with van der Waals surface area (Å²) in [6.45, 7) is 5.26. The molecule has 5 aliphatic carbocycles. The molecule has 0 aromatic heterocycles. The van der Waals surface area contributed by atoms with Gasteiger partial charge in [0.15, 0.2) is 5.78 Å². The molecule has 0 aromatic rings. The third-order valence-electron chi connectivity index (χ3n) is 16.8. The van der Waals surface area contributed by atoms with Gasteiger partial charge < -0.3 is 44.6 Å². The Kier molecular flexibility index (Phi) is 9.10. The van der Waals surface area contributed by atoms with Crippen LogP contribution < -0.4 is 5.32 Å². The van der Waals surface area contributed by atoms with E-state index in [0.717, 1.165) is 32.1 Å². The van der Waals surface area contributed by atoms with Crippen molar-refractivity contribution in [2.75, 3.05) is 33.5 Å². The molecule has 12 heteroatoms. The standard InChI is InChI=1S/C42H60N2O10/c1-38-13-9-25(53-16-6-15-52-3)17-28(38)30(46)19-32-41(38)12-5-8-24-21-44(24)37(49)29-18-26-27(22-45)33(54-34(26)36(48)43-29)35(47)39(2,50)31-10-14-42(32,51)40(31)11-4-7-23(41)20-40/h19,23-29,31,33-36,43,45,47-48,50-51H,4,6-11,13-18,20-22H2,1-3H3. The van der Waals surface area contributed by atoms with Crippen molar-refractivity contribution in [3.05, 3.63) is 11.6 Å². The molecular weight excluding hydrogens is 692 g/mol. The minimum Gasteiger partial charge on any atom is -0.396 e. The summed E-state index contributed by atoms with van der Waals surface area (Å²) in [4.78, 5) is 30.2. The van der Waals surface area contributed by atoms with Gasteiger partial charge in [0, 0.05) is 57.1 Å². The summed E-state index contributed by atoms with van der Waals surface area (Å²) in [5.41, 5.74) is -4.68. The van der Waals surface area contributed by atoms with Gasteiger partial charge in [0.2, 0.25) is 5.91 Å². The number of aliphatic hydroxyl groups excluding tert-OH is 3. The summed E-state index contributed by atoms with van der Waals surface area (Å²) in [5.74, 6) is 5.41. The molecule has 2 spiro atoms. The average molecular weight is 753 g/mol. The molecule has 4 saturated carbocycles. The molecule has 10 rings (SSSR count). The largest absolute Gasteiger partial charge is 0.396 e. The first-order valence-electron chi connectivity index (χ1n) is 20.8. The topological polar surface area (TPSA) is 178 Å². The van der Waals surface area contributed by atoms with Crippen molar-refractivity contribution in [1.82, 2.24) is 10.2 Å². The number of ether oxygens (including phenoxy) is 3. The molecule has 0 aromatic carbocycles. The lowest BCUT2D eigenvalue weighted by atomic mass is 9.34. The molecule has 17 atom stereocenters. The number of hydrogen-bond acceptors (Lipinski definition) is 11. The second kappa shape index (κ2) is 13.0. The maximum atomic E-state index is 14.6. The molecule has 298 valence electrons. The molecule has 5 heterocycles. The van der Waals surface area contributed by atoms with E-state index in [9.17, 15) is 35.1 Å². The fourth-order valence-electron chi connectivity index (χ4n) is 14.2. The molecule has 5 aliphatic heterocycles. The quantitative estimate of drug-likeness (QED) is 0.132. The fraction of sp³-hybridized carbons (Fsp3) is 0.857.